The monoisotopic (exact) mass is 399 g/mol. The minimum absolute atomic E-state index is 0.00793. The van der Waals surface area contributed by atoms with Crippen LogP contribution in [0, 0.1) is 5.92 Å². The van der Waals surface area contributed by atoms with E-state index in [9.17, 15) is 24.0 Å². The van der Waals surface area contributed by atoms with E-state index in [1.807, 2.05) is 0 Å². The van der Waals surface area contributed by atoms with Crippen molar-refractivity contribution >= 4 is 29.5 Å². The molecule has 10 nitrogen and oxygen atoms in total. The van der Waals surface area contributed by atoms with Gasteiger partial charge in [0.2, 0.25) is 11.8 Å². The van der Waals surface area contributed by atoms with Gasteiger partial charge in [-0.05, 0) is 31.3 Å². The number of carboxylic acid groups (broad SMARTS) is 2. The topological polar surface area (TPSA) is 176 Å². The average molecular weight is 399 g/mol. The Labute approximate surface area is 163 Å². The van der Waals surface area contributed by atoms with Crippen molar-refractivity contribution in [3.8, 4) is 0 Å². The zero-order valence-electron chi connectivity index (χ0n) is 16.4. The third kappa shape index (κ3) is 10.4. The Morgan fingerprint density at radius 3 is 2.14 bits per heavy atom. The Hall–Kier alpha value is -2.75. The Bertz CT molecular complexity index is 631. The molecular formula is C18H29N3O7. The molecule has 0 aromatic heterocycles. The van der Waals surface area contributed by atoms with Crippen LogP contribution in [-0.2, 0) is 24.0 Å². The molecule has 0 spiro atoms. The van der Waals surface area contributed by atoms with Crippen molar-refractivity contribution in [1.82, 2.24) is 10.6 Å². The Morgan fingerprint density at radius 2 is 1.64 bits per heavy atom. The molecule has 3 atom stereocenters. The molecule has 0 aromatic carbocycles. The summed E-state index contributed by atoms with van der Waals surface area (Å²) in [5.74, 6) is -3.88. The molecule has 0 aliphatic heterocycles. The van der Waals surface area contributed by atoms with Crippen molar-refractivity contribution in [3.05, 3.63) is 11.6 Å². The summed E-state index contributed by atoms with van der Waals surface area (Å²) < 4.78 is 0. The van der Waals surface area contributed by atoms with E-state index >= 15 is 0 Å². The van der Waals surface area contributed by atoms with Crippen LogP contribution in [0.3, 0.4) is 0 Å². The standard InChI is InChI=1S/C18H29N3O7/c1-4-12(14(22)6-5-13(19)18(27)28)7-10(2)8-15(23)20-9-16(24)21-11(3)17(25)26/h7,10-11,13H,4-6,8-9,19H2,1-3H3,(H,20,23)(H,21,24)(H,25,26)(H,27,28)/t10-,11+,13-/m0/s1. The highest BCUT2D eigenvalue weighted by Crippen LogP contribution is 2.14. The highest BCUT2D eigenvalue weighted by atomic mass is 16.4. The fourth-order valence-electron chi connectivity index (χ4n) is 2.28. The van der Waals surface area contributed by atoms with E-state index in [1.54, 1.807) is 19.9 Å². The number of allylic oxidation sites excluding steroid dienone is 2. The Kier molecular flexibility index (Phi) is 11.4. The van der Waals surface area contributed by atoms with Gasteiger partial charge < -0.3 is 26.6 Å². The molecule has 0 aliphatic rings. The summed E-state index contributed by atoms with van der Waals surface area (Å²) >= 11 is 0. The van der Waals surface area contributed by atoms with Gasteiger partial charge in [0.15, 0.2) is 5.78 Å². The van der Waals surface area contributed by atoms with Gasteiger partial charge >= 0.3 is 11.9 Å². The zero-order valence-corrected chi connectivity index (χ0v) is 16.4. The van der Waals surface area contributed by atoms with Gasteiger partial charge in [0.25, 0.3) is 0 Å². The van der Waals surface area contributed by atoms with Crippen LogP contribution in [0.15, 0.2) is 11.6 Å². The van der Waals surface area contributed by atoms with Gasteiger partial charge in [-0.2, -0.15) is 0 Å². The van der Waals surface area contributed by atoms with E-state index in [0.717, 1.165) is 0 Å². The zero-order chi connectivity index (χ0) is 21.9. The maximum absolute atomic E-state index is 12.2. The first-order valence-electron chi connectivity index (χ1n) is 8.99. The van der Waals surface area contributed by atoms with E-state index in [4.69, 9.17) is 15.9 Å². The van der Waals surface area contributed by atoms with Crippen molar-refractivity contribution < 1.29 is 34.2 Å². The minimum atomic E-state index is -1.18. The lowest BCUT2D eigenvalue weighted by atomic mass is 9.96. The van der Waals surface area contributed by atoms with Crippen LogP contribution in [0.1, 0.15) is 46.5 Å². The largest absolute Gasteiger partial charge is 0.480 e. The summed E-state index contributed by atoms with van der Waals surface area (Å²) in [7, 11) is 0. The van der Waals surface area contributed by atoms with Gasteiger partial charge in [-0.1, -0.05) is 19.9 Å². The van der Waals surface area contributed by atoms with Crippen molar-refractivity contribution in [1.29, 1.82) is 0 Å². The van der Waals surface area contributed by atoms with Crippen LogP contribution in [0.5, 0.6) is 0 Å². The molecule has 0 saturated heterocycles. The van der Waals surface area contributed by atoms with Crippen LogP contribution >= 0.6 is 0 Å². The summed E-state index contributed by atoms with van der Waals surface area (Å²) in [6.45, 7) is 4.47. The third-order valence-corrected chi connectivity index (χ3v) is 3.93. The summed E-state index contributed by atoms with van der Waals surface area (Å²) in [5, 5.41) is 22.1. The summed E-state index contributed by atoms with van der Waals surface area (Å²) in [4.78, 5) is 57.0. The van der Waals surface area contributed by atoms with Crippen LogP contribution in [0.25, 0.3) is 0 Å². The molecule has 28 heavy (non-hydrogen) atoms. The minimum Gasteiger partial charge on any atom is -0.480 e. The molecule has 0 bridgehead atoms. The maximum atomic E-state index is 12.2. The molecule has 0 aliphatic carbocycles. The van der Waals surface area contributed by atoms with Crippen LogP contribution < -0.4 is 16.4 Å². The van der Waals surface area contributed by atoms with Gasteiger partial charge in [0.05, 0.1) is 6.54 Å². The second kappa shape index (κ2) is 12.6. The Morgan fingerprint density at radius 1 is 1.04 bits per heavy atom. The lowest BCUT2D eigenvalue weighted by molar-refractivity contribution is -0.141. The number of ketones is 1. The van der Waals surface area contributed by atoms with Gasteiger partial charge in [-0.15, -0.1) is 0 Å². The number of aliphatic carboxylic acids is 2. The molecule has 2 amide bonds. The number of amides is 2. The lowest BCUT2D eigenvalue weighted by Gasteiger charge is -2.12. The number of hydrogen-bond donors (Lipinski definition) is 5. The fraction of sp³-hybridized carbons (Fsp3) is 0.611. The number of Topliss-reactive ketones (excluding diaryl/α,β-unsaturated/α-hetero) is 1. The molecule has 0 heterocycles. The van der Waals surface area contributed by atoms with Crippen molar-refractivity contribution in [2.75, 3.05) is 6.54 Å². The molecule has 0 rings (SSSR count). The molecule has 0 aromatic rings. The number of hydrogen-bond acceptors (Lipinski definition) is 6. The van der Waals surface area contributed by atoms with Crippen molar-refractivity contribution in [3.63, 3.8) is 0 Å². The van der Waals surface area contributed by atoms with E-state index in [1.165, 1.54) is 6.92 Å². The molecule has 6 N–H and O–H groups in total. The number of carboxylic acids is 2. The van der Waals surface area contributed by atoms with Crippen LogP contribution in [0.2, 0.25) is 0 Å². The molecule has 158 valence electrons. The first kappa shape index (κ1) is 25.2. The molecule has 0 radical (unpaired) electrons. The third-order valence-electron chi connectivity index (χ3n) is 3.93. The molecule has 0 saturated carbocycles. The number of rotatable bonds is 13. The fourth-order valence-corrected chi connectivity index (χ4v) is 2.28. The first-order chi connectivity index (χ1) is 13.0. The lowest BCUT2D eigenvalue weighted by Crippen LogP contribution is -2.44. The quantitative estimate of drug-likeness (QED) is 0.265. The van der Waals surface area contributed by atoms with E-state index in [-0.39, 0.29) is 37.5 Å². The number of carbonyl (C=O) groups excluding carboxylic acids is 3. The molecule has 0 unspecified atom stereocenters. The number of carbonyl (C=O) groups is 5. The predicted molar refractivity (Wildman–Crippen MR) is 100 cm³/mol. The highest BCUT2D eigenvalue weighted by molar-refractivity contribution is 5.95. The Balaban J connectivity index is 4.52. The van der Waals surface area contributed by atoms with E-state index < -0.39 is 35.8 Å². The van der Waals surface area contributed by atoms with Crippen molar-refractivity contribution in [2.24, 2.45) is 11.7 Å². The average Bonchev–Trinajstić information content (AvgIpc) is 2.61. The molecule has 10 heteroatoms. The highest BCUT2D eigenvalue weighted by Gasteiger charge is 2.17. The summed E-state index contributed by atoms with van der Waals surface area (Å²) in [6, 6.07) is -2.15. The summed E-state index contributed by atoms with van der Waals surface area (Å²) in [5.41, 5.74) is 5.88. The molecule has 0 fully saturated rings. The molecular weight excluding hydrogens is 370 g/mol. The summed E-state index contributed by atoms with van der Waals surface area (Å²) in [6.07, 6.45) is 2.16. The first-order valence-corrected chi connectivity index (χ1v) is 8.99. The smallest absolute Gasteiger partial charge is 0.325 e. The van der Waals surface area contributed by atoms with Gasteiger partial charge in [0, 0.05) is 12.8 Å². The van der Waals surface area contributed by atoms with Gasteiger partial charge in [-0.3, -0.25) is 24.0 Å². The number of nitrogens with two attached hydrogens (primary N) is 1. The van der Waals surface area contributed by atoms with E-state index in [0.29, 0.717) is 12.0 Å². The SMILES string of the molecule is CCC(=C[C@H](C)CC(=O)NCC(=O)N[C@H](C)C(=O)O)C(=O)CC[C@H](N)C(=O)O. The van der Waals surface area contributed by atoms with Crippen molar-refractivity contribution in [2.45, 2.75) is 58.5 Å². The van der Waals surface area contributed by atoms with Gasteiger partial charge in [0.1, 0.15) is 12.1 Å². The predicted octanol–water partition coefficient (Wildman–Crippen LogP) is -0.184. The van der Waals surface area contributed by atoms with E-state index in [2.05, 4.69) is 10.6 Å². The normalized spacial score (nSPS) is 14.5. The van der Waals surface area contributed by atoms with Crippen LogP contribution in [0.4, 0.5) is 0 Å². The van der Waals surface area contributed by atoms with Gasteiger partial charge in [-0.25, -0.2) is 0 Å². The maximum Gasteiger partial charge on any atom is 0.325 e. The second-order valence-corrected chi connectivity index (χ2v) is 6.54. The second-order valence-electron chi connectivity index (χ2n) is 6.54. The number of nitrogens with one attached hydrogen (secondary N) is 2. The van der Waals surface area contributed by atoms with Crippen LogP contribution in [-0.4, -0.2) is 58.4 Å².